The van der Waals surface area contributed by atoms with Crippen LogP contribution in [0.3, 0.4) is 0 Å². The lowest BCUT2D eigenvalue weighted by Crippen LogP contribution is -2.07. The van der Waals surface area contributed by atoms with Crippen molar-refractivity contribution in [3.8, 4) is 11.8 Å². The van der Waals surface area contributed by atoms with Gasteiger partial charge in [0.25, 0.3) is 0 Å². The molecule has 2 rings (SSSR count). The van der Waals surface area contributed by atoms with Crippen LogP contribution in [0, 0.1) is 18.3 Å². The number of nitrogens with zero attached hydrogens (tertiary/aromatic N) is 3. The van der Waals surface area contributed by atoms with Crippen LogP contribution in [0.4, 0.5) is 13.2 Å². The number of hydrogen-bond acceptors (Lipinski definition) is 2. The highest BCUT2D eigenvalue weighted by molar-refractivity contribution is 6.37. The second-order valence-corrected chi connectivity index (χ2v) is 4.77. The van der Waals surface area contributed by atoms with Crippen molar-refractivity contribution in [3.05, 3.63) is 45.2 Å². The Hall–Kier alpha value is -1.71. The van der Waals surface area contributed by atoms with Gasteiger partial charge < -0.3 is 0 Å². The lowest BCUT2D eigenvalue weighted by atomic mass is 10.2. The molecule has 0 N–H and O–H groups in total. The molecule has 1 aromatic carbocycles. The first-order valence-corrected chi connectivity index (χ1v) is 6.02. The second kappa shape index (κ2) is 5.00. The van der Waals surface area contributed by atoms with Gasteiger partial charge in [-0.25, -0.2) is 4.68 Å². The van der Waals surface area contributed by atoms with Gasteiger partial charge in [0, 0.05) is 0 Å². The first-order chi connectivity index (χ1) is 9.25. The zero-order valence-corrected chi connectivity index (χ0v) is 11.5. The Kier molecular flexibility index (Phi) is 3.67. The smallest absolute Gasteiger partial charge is 0.234 e. The number of alkyl halides is 3. The summed E-state index contributed by atoms with van der Waals surface area (Å²) in [7, 11) is 0. The van der Waals surface area contributed by atoms with Gasteiger partial charge >= 0.3 is 6.18 Å². The highest BCUT2D eigenvalue weighted by atomic mass is 35.5. The average Bonchev–Trinajstić information content (AvgIpc) is 2.69. The SMILES string of the molecule is Cc1c(C#N)cnn1-c1c(Cl)cc(C(F)(F)F)cc1Cl. The molecule has 0 aliphatic carbocycles. The first kappa shape index (κ1) is 14.7. The van der Waals surface area contributed by atoms with Gasteiger partial charge in [0.2, 0.25) is 0 Å². The molecule has 0 aliphatic rings. The van der Waals surface area contributed by atoms with E-state index in [9.17, 15) is 13.2 Å². The van der Waals surface area contributed by atoms with Crippen LogP contribution < -0.4 is 0 Å². The molecule has 20 heavy (non-hydrogen) atoms. The molecular formula is C12H6Cl2F3N3. The van der Waals surface area contributed by atoms with Crippen molar-refractivity contribution in [2.75, 3.05) is 0 Å². The van der Waals surface area contributed by atoms with Gasteiger partial charge in [0.15, 0.2) is 0 Å². The van der Waals surface area contributed by atoms with E-state index in [4.69, 9.17) is 28.5 Å². The van der Waals surface area contributed by atoms with E-state index in [-0.39, 0.29) is 21.3 Å². The minimum absolute atomic E-state index is 0.111. The van der Waals surface area contributed by atoms with Crippen LogP contribution in [0.25, 0.3) is 5.69 Å². The molecule has 0 atom stereocenters. The maximum atomic E-state index is 12.6. The molecule has 0 radical (unpaired) electrons. The number of hydrogen-bond donors (Lipinski definition) is 0. The van der Waals surface area contributed by atoms with Crippen molar-refractivity contribution in [2.45, 2.75) is 13.1 Å². The highest BCUT2D eigenvalue weighted by Gasteiger charge is 2.32. The van der Waals surface area contributed by atoms with Crippen molar-refractivity contribution >= 4 is 23.2 Å². The number of aromatic nitrogens is 2. The minimum atomic E-state index is -4.54. The fourth-order valence-corrected chi connectivity index (χ4v) is 2.32. The van der Waals surface area contributed by atoms with Crippen molar-refractivity contribution < 1.29 is 13.2 Å². The van der Waals surface area contributed by atoms with Gasteiger partial charge in [-0.1, -0.05) is 23.2 Å². The summed E-state index contributed by atoms with van der Waals surface area (Å²) in [4.78, 5) is 0. The van der Waals surface area contributed by atoms with E-state index in [0.717, 1.165) is 12.1 Å². The van der Waals surface area contributed by atoms with Crippen LogP contribution in [-0.2, 0) is 6.18 Å². The lowest BCUT2D eigenvalue weighted by Gasteiger charge is -2.13. The van der Waals surface area contributed by atoms with E-state index >= 15 is 0 Å². The number of halogens is 5. The van der Waals surface area contributed by atoms with Crippen molar-refractivity contribution in [1.82, 2.24) is 9.78 Å². The maximum Gasteiger partial charge on any atom is 0.416 e. The Bertz CT molecular complexity index is 691. The normalized spacial score (nSPS) is 11.4. The van der Waals surface area contributed by atoms with E-state index in [0.29, 0.717) is 5.69 Å². The summed E-state index contributed by atoms with van der Waals surface area (Å²) in [5.41, 5.74) is -0.102. The van der Waals surface area contributed by atoms with Gasteiger partial charge in [0.1, 0.15) is 11.8 Å². The van der Waals surface area contributed by atoms with Crippen LogP contribution in [-0.4, -0.2) is 9.78 Å². The van der Waals surface area contributed by atoms with E-state index in [1.165, 1.54) is 10.9 Å². The molecule has 0 spiro atoms. The molecule has 3 nitrogen and oxygen atoms in total. The summed E-state index contributed by atoms with van der Waals surface area (Å²) in [5.74, 6) is 0. The minimum Gasteiger partial charge on any atom is -0.234 e. The summed E-state index contributed by atoms with van der Waals surface area (Å²) < 4.78 is 39.2. The largest absolute Gasteiger partial charge is 0.416 e. The van der Waals surface area contributed by atoms with Gasteiger partial charge in [-0.2, -0.15) is 23.5 Å². The monoisotopic (exact) mass is 319 g/mol. The Labute approximate surface area is 122 Å². The predicted octanol–water partition coefficient (Wildman–Crippen LogP) is 4.38. The summed E-state index contributed by atoms with van der Waals surface area (Å²) in [6.07, 6.45) is -3.25. The molecule has 0 unspecified atom stereocenters. The first-order valence-electron chi connectivity index (χ1n) is 5.27. The molecule has 0 saturated carbocycles. The number of rotatable bonds is 1. The zero-order chi connectivity index (χ0) is 15.1. The summed E-state index contributed by atoms with van der Waals surface area (Å²) in [5, 5.41) is 12.4. The highest BCUT2D eigenvalue weighted by Crippen LogP contribution is 2.37. The quantitative estimate of drug-likeness (QED) is 0.782. The van der Waals surface area contributed by atoms with Gasteiger partial charge in [-0.3, -0.25) is 0 Å². The van der Waals surface area contributed by atoms with E-state index in [1.54, 1.807) is 6.92 Å². The molecule has 1 heterocycles. The maximum absolute atomic E-state index is 12.6. The van der Waals surface area contributed by atoms with Crippen LogP contribution in [0.15, 0.2) is 18.3 Å². The molecule has 8 heteroatoms. The van der Waals surface area contributed by atoms with Gasteiger partial charge in [-0.15, -0.1) is 0 Å². The van der Waals surface area contributed by atoms with Gasteiger partial charge in [-0.05, 0) is 19.1 Å². The molecule has 2 aromatic rings. The lowest BCUT2D eigenvalue weighted by molar-refractivity contribution is -0.137. The summed E-state index contributed by atoms with van der Waals surface area (Å²) >= 11 is 11.7. The fourth-order valence-electron chi connectivity index (χ4n) is 1.68. The van der Waals surface area contributed by atoms with Gasteiger partial charge in [0.05, 0.1) is 33.1 Å². The number of benzene rings is 1. The van der Waals surface area contributed by atoms with Crippen molar-refractivity contribution in [3.63, 3.8) is 0 Å². The van der Waals surface area contributed by atoms with Crippen LogP contribution >= 0.6 is 23.2 Å². The molecule has 104 valence electrons. The Morgan fingerprint density at radius 3 is 2.20 bits per heavy atom. The van der Waals surface area contributed by atoms with Crippen molar-refractivity contribution in [2.24, 2.45) is 0 Å². The molecular weight excluding hydrogens is 314 g/mol. The topological polar surface area (TPSA) is 41.6 Å². The molecule has 0 amide bonds. The third-order valence-electron chi connectivity index (χ3n) is 2.69. The standard InChI is InChI=1S/C12H6Cl2F3N3/c1-6-7(4-18)5-19-20(6)11-9(13)2-8(3-10(11)14)12(15,16)17/h2-3,5H,1H3. The third kappa shape index (κ3) is 2.47. The van der Waals surface area contributed by atoms with Crippen LogP contribution in [0.5, 0.6) is 0 Å². The third-order valence-corrected chi connectivity index (χ3v) is 3.26. The molecule has 0 saturated heterocycles. The second-order valence-electron chi connectivity index (χ2n) is 3.95. The Morgan fingerprint density at radius 1 is 1.25 bits per heavy atom. The Morgan fingerprint density at radius 2 is 1.80 bits per heavy atom. The Balaban J connectivity index is 2.65. The summed E-state index contributed by atoms with van der Waals surface area (Å²) in [6, 6.07) is 3.46. The molecule has 0 aliphatic heterocycles. The molecule has 0 fully saturated rings. The fraction of sp³-hybridized carbons (Fsp3) is 0.167. The van der Waals surface area contributed by atoms with Crippen molar-refractivity contribution in [1.29, 1.82) is 5.26 Å². The van der Waals surface area contributed by atoms with E-state index < -0.39 is 11.7 Å². The zero-order valence-electron chi connectivity index (χ0n) is 9.96. The average molecular weight is 320 g/mol. The summed E-state index contributed by atoms with van der Waals surface area (Å²) in [6.45, 7) is 1.59. The van der Waals surface area contributed by atoms with Crippen LogP contribution in [0.2, 0.25) is 10.0 Å². The number of nitriles is 1. The van der Waals surface area contributed by atoms with E-state index in [2.05, 4.69) is 5.10 Å². The van der Waals surface area contributed by atoms with Crippen LogP contribution in [0.1, 0.15) is 16.8 Å². The molecule has 1 aromatic heterocycles. The molecule has 0 bridgehead atoms. The predicted molar refractivity (Wildman–Crippen MR) is 68.0 cm³/mol. The van der Waals surface area contributed by atoms with E-state index in [1.807, 2.05) is 6.07 Å².